The zero-order valence-electron chi connectivity index (χ0n) is 13.3. The predicted molar refractivity (Wildman–Crippen MR) is 90.9 cm³/mol. The molecule has 136 valence electrons. The highest BCUT2D eigenvalue weighted by molar-refractivity contribution is 6.02. The molecule has 0 atom stereocenters. The Bertz CT molecular complexity index is 1260. The van der Waals surface area contributed by atoms with Gasteiger partial charge in [-0.25, -0.2) is 4.68 Å². The average molecular weight is 374 g/mol. The Hall–Kier alpha value is -3.69. The first-order valence-corrected chi connectivity index (χ1v) is 7.61. The van der Waals surface area contributed by atoms with Gasteiger partial charge in [0.15, 0.2) is 0 Å². The number of aromatic amines is 1. The third-order valence-corrected chi connectivity index (χ3v) is 4.17. The summed E-state index contributed by atoms with van der Waals surface area (Å²) in [4.78, 5) is 26.7. The van der Waals surface area contributed by atoms with E-state index in [1.54, 1.807) is 0 Å². The van der Waals surface area contributed by atoms with Gasteiger partial charge in [0.1, 0.15) is 0 Å². The number of pyridine rings is 1. The molecule has 0 aliphatic rings. The lowest BCUT2D eigenvalue weighted by molar-refractivity contribution is -0.384. The van der Waals surface area contributed by atoms with Crippen LogP contribution in [0.2, 0.25) is 0 Å². The van der Waals surface area contributed by atoms with Crippen molar-refractivity contribution in [2.75, 3.05) is 0 Å². The average Bonchev–Trinajstić information content (AvgIpc) is 2.97. The Balaban J connectivity index is 1.91. The maximum Gasteiger partial charge on any atom is 0.416 e. The molecule has 0 saturated heterocycles. The molecule has 0 spiro atoms. The van der Waals surface area contributed by atoms with E-state index in [9.17, 15) is 28.1 Å². The molecule has 0 saturated carbocycles. The minimum absolute atomic E-state index is 0.0921. The number of hydrogen-bond donors (Lipinski definition) is 1. The van der Waals surface area contributed by atoms with Crippen molar-refractivity contribution in [2.24, 2.45) is 0 Å². The third kappa shape index (κ3) is 2.71. The van der Waals surface area contributed by atoms with Crippen LogP contribution in [0.4, 0.5) is 18.9 Å². The van der Waals surface area contributed by atoms with Crippen molar-refractivity contribution in [3.8, 4) is 5.69 Å². The molecule has 0 fully saturated rings. The number of benzene rings is 2. The molecule has 0 amide bonds. The van der Waals surface area contributed by atoms with Gasteiger partial charge in [0.25, 0.3) is 11.2 Å². The summed E-state index contributed by atoms with van der Waals surface area (Å²) >= 11 is 0. The number of aromatic nitrogens is 3. The van der Waals surface area contributed by atoms with E-state index in [1.165, 1.54) is 36.5 Å². The number of nitro groups is 1. The lowest BCUT2D eigenvalue weighted by atomic mass is 10.1. The number of H-pyrrole nitrogens is 1. The molecule has 4 rings (SSSR count). The number of hydrogen-bond acceptors (Lipinski definition) is 4. The Kier molecular flexibility index (Phi) is 3.51. The summed E-state index contributed by atoms with van der Waals surface area (Å²) in [5, 5.41) is 14.1. The van der Waals surface area contributed by atoms with Gasteiger partial charge in [-0.3, -0.25) is 25.0 Å². The second-order valence-electron chi connectivity index (χ2n) is 5.80. The fraction of sp³-hybridized carbons (Fsp3) is 0.0588. The summed E-state index contributed by atoms with van der Waals surface area (Å²) in [5.41, 5.74) is -0.657. The van der Waals surface area contributed by atoms with Gasteiger partial charge in [0.2, 0.25) is 0 Å². The summed E-state index contributed by atoms with van der Waals surface area (Å²) in [6.45, 7) is 0. The first-order chi connectivity index (χ1) is 12.8. The van der Waals surface area contributed by atoms with Gasteiger partial charge >= 0.3 is 6.18 Å². The number of nitro benzene ring substituents is 1. The van der Waals surface area contributed by atoms with E-state index in [0.717, 1.165) is 16.8 Å². The highest BCUT2D eigenvalue weighted by atomic mass is 19.4. The maximum absolute atomic E-state index is 12.9. The Morgan fingerprint density at radius 3 is 2.41 bits per heavy atom. The number of alkyl halides is 3. The van der Waals surface area contributed by atoms with Crippen molar-refractivity contribution < 1.29 is 18.1 Å². The summed E-state index contributed by atoms with van der Waals surface area (Å²) in [5.74, 6) is 0. The standard InChI is InChI=1S/C17H9F3N4O3/c18-17(19,20)9-1-6-12-14(7-9)21-8-13-15(12)22-23(16(13)25)10-2-4-11(5-3-10)24(26)27/h1-8,22H. The van der Waals surface area contributed by atoms with Gasteiger partial charge in [-0.2, -0.15) is 13.2 Å². The van der Waals surface area contributed by atoms with Crippen LogP contribution in [0.15, 0.2) is 53.5 Å². The lowest BCUT2D eigenvalue weighted by Gasteiger charge is -2.07. The third-order valence-electron chi connectivity index (χ3n) is 4.17. The van der Waals surface area contributed by atoms with Crippen LogP contribution in [-0.2, 0) is 6.18 Å². The molecule has 2 aromatic carbocycles. The molecular weight excluding hydrogens is 365 g/mol. The number of rotatable bonds is 2. The number of nitrogens with zero attached hydrogens (tertiary/aromatic N) is 3. The van der Waals surface area contributed by atoms with Gasteiger partial charge in [-0.15, -0.1) is 0 Å². The van der Waals surface area contributed by atoms with Crippen LogP contribution in [0.1, 0.15) is 5.56 Å². The first kappa shape index (κ1) is 16.8. The number of nitrogens with one attached hydrogen (secondary N) is 1. The van der Waals surface area contributed by atoms with E-state index in [4.69, 9.17) is 0 Å². The maximum atomic E-state index is 12.9. The second-order valence-corrected chi connectivity index (χ2v) is 5.80. The van der Waals surface area contributed by atoms with Gasteiger partial charge in [-0.05, 0) is 24.3 Å². The summed E-state index contributed by atoms with van der Waals surface area (Å²) < 4.78 is 39.8. The summed E-state index contributed by atoms with van der Waals surface area (Å²) in [6.07, 6.45) is -3.29. The molecule has 0 aliphatic carbocycles. The minimum atomic E-state index is -4.50. The molecular formula is C17H9F3N4O3. The predicted octanol–water partition coefficient (Wildman–Crippen LogP) is 3.79. The molecule has 0 radical (unpaired) electrons. The molecule has 10 heteroatoms. The Morgan fingerprint density at radius 2 is 1.78 bits per heavy atom. The zero-order valence-corrected chi connectivity index (χ0v) is 13.3. The van der Waals surface area contributed by atoms with Crippen molar-refractivity contribution in [1.29, 1.82) is 0 Å². The van der Waals surface area contributed by atoms with Crippen LogP contribution in [0, 0.1) is 10.1 Å². The quantitative estimate of drug-likeness (QED) is 0.427. The summed E-state index contributed by atoms with van der Waals surface area (Å²) in [6, 6.07) is 8.38. The van der Waals surface area contributed by atoms with E-state index < -0.39 is 22.2 Å². The first-order valence-electron chi connectivity index (χ1n) is 7.61. The molecule has 7 nitrogen and oxygen atoms in total. The molecule has 2 heterocycles. The van der Waals surface area contributed by atoms with Crippen LogP contribution < -0.4 is 5.56 Å². The van der Waals surface area contributed by atoms with Gasteiger partial charge in [-0.1, -0.05) is 6.07 Å². The largest absolute Gasteiger partial charge is 0.416 e. The SMILES string of the molecule is O=c1c2cnc3cc(C(F)(F)F)ccc3c2[nH]n1-c1ccc([N+](=O)[O-])cc1. The summed E-state index contributed by atoms with van der Waals surface area (Å²) in [7, 11) is 0. The van der Waals surface area contributed by atoms with Crippen molar-refractivity contribution in [1.82, 2.24) is 14.8 Å². The van der Waals surface area contributed by atoms with E-state index in [-0.39, 0.29) is 16.6 Å². The monoisotopic (exact) mass is 374 g/mol. The molecule has 0 bridgehead atoms. The minimum Gasteiger partial charge on any atom is -0.290 e. The van der Waals surface area contributed by atoms with Crippen molar-refractivity contribution in [3.63, 3.8) is 0 Å². The normalized spacial score (nSPS) is 12.0. The zero-order chi connectivity index (χ0) is 19.3. The van der Waals surface area contributed by atoms with Gasteiger partial charge in [0, 0.05) is 23.7 Å². The highest BCUT2D eigenvalue weighted by Gasteiger charge is 2.30. The van der Waals surface area contributed by atoms with E-state index >= 15 is 0 Å². The Labute approximate surface area is 147 Å². The van der Waals surface area contributed by atoms with Crippen molar-refractivity contribution in [3.05, 3.63) is 74.7 Å². The number of fused-ring (bicyclic) bond motifs is 3. The number of halogens is 3. The molecule has 1 N–H and O–H groups in total. The smallest absolute Gasteiger partial charge is 0.290 e. The molecule has 2 aromatic heterocycles. The second kappa shape index (κ2) is 5.66. The van der Waals surface area contributed by atoms with Crippen LogP contribution >= 0.6 is 0 Å². The molecule has 4 aromatic rings. The van der Waals surface area contributed by atoms with Crippen molar-refractivity contribution in [2.45, 2.75) is 6.18 Å². The molecule has 0 unspecified atom stereocenters. The van der Waals surface area contributed by atoms with Crippen LogP contribution in [0.25, 0.3) is 27.5 Å². The molecule has 27 heavy (non-hydrogen) atoms. The van der Waals surface area contributed by atoms with Crippen LogP contribution in [0.5, 0.6) is 0 Å². The lowest BCUT2D eigenvalue weighted by Crippen LogP contribution is -2.14. The molecule has 0 aliphatic heterocycles. The fourth-order valence-electron chi connectivity index (χ4n) is 2.84. The van der Waals surface area contributed by atoms with Gasteiger partial charge < -0.3 is 0 Å². The topological polar surface area (TPSA) is 93.8 Å². The highest BCUT2D eigenvalue weighted by Crippen LogP contribution is 2.32. The van der Waals surface area contributed by atoms with Crippen LogP contribution in [-0.4, -0.2) is 19.7 Å². The van der Waals surface area contributed by atoms with Crippen molar-refractivity contribution >= 4 is 27.5 Å². The Morgan fingerprint density at radius 1 is 1.07 bits per heavy atom. The van der Waals surface area contributed by atoms with E-state index in [1.807, 2.05) is 0 Å². The van der Waals surface area contributed by atoms with Gasteiger partial charge in [0.05, 0.1) is 32.6 Å². The van der Waals surface area contributed by atoms with Crippen LogP contribution in [0.3, 0.4) is 0 Å². The van der Waals surface area contributed by atoms with E-state index in [0.29, 0.717) is 16.6 Å². The van der Waals surface area contributed by atoms with E-state index in [2.05, 4.69) is 10.1 Å². The fourth-order valence-corrected chi connectivity index (χ4v) is 2.84. The number of non-ortho nitro benzene ring substituents is 1.